The number of nitrogens with one attached hydrogen (secondary N) is 1. The summed E-state index contributed by atoms with van der Waals surface area (Å²) in [4.78, 5) is 16.5. The zero-order valence-corrected chi connectivity index (χ0v) is 14.0. The van der Waals surface area contributed by atoms with Crippen LogP contribution in [0.2, 0.25) is 0 Å². The van der Waals surface area contributed by atoms with E-state index < -0.39 is 9.84 Å². The normalized spacial score (nSPS) is 24.5. The lowest BCUT2D eigenvalue weighted by Gasteiger charge is -2.35. The van der Waals surface area contributed by atoms with E-state index in [0.29, 0.717) is 13.0 Å². The van der Waals surface area contributed by atoms with Gasteiger partial charge in [0.2, 0.25) is 5.91 Å². The number of sulfone groups is 1. The molecule has 0 unspecified atom stereocenters. The maximum absolute atomic E-state index is 12.1. The molecule has 1 N–H and O–H groups in total. The average Bonchev–Trinajstić information content (AvgIpc) is 2.87. The second-order valence-corrected chi connectivity index (χ2v) is 8.49. The molecule has 126 valence electrons. The summed E-state index contributed by atoms with van der Waals surface area (Å²) in [7, 11) is -2.95. The van der Waals surface area contributed by atoms with E-state index >= 15 is 0 Å². The Morgan fingerprint density at radius 1 is 1.13 bits per heavy atom. The Hall–Kier alpha value is -1.60. The van der Waals surface area contributed by atoms with E-state index in [-0.39, 0.29) is 23.5 Å². The predicted molar refractivity (Wildman–Crippen MR) is 90.3 cm³/mol. The fourth-order valence-corrected chi connectivity index (χ4v) is 4.86. The molecule has 2 aliphatic rings. The van der Waals surface area contributed by atoms with Crippen molar-refractivity contribution in [2.75, 3.05) is 49.1 Å². The molecule has 1 aromatic rings. The van der Waals surface area contributed by atoms with Crippen molar-refractivity contribution in [3.05, 3.63) is 30.3 Å². The monoisotopic (exact) mass is 337 g/mol. The molecule has 7 heteroatoms. The fourth-order valence-electron chi connectivity index (χ4n) is 3.19. The van der Waals surface area contributed by atoms with Gasteiger partial charge in [-0.1, -0.05) is 18.2 Å². The van der Waals surface area contributed by atoms with Crippen molar-refractivity contribution in [1.29, 1.82) is 0 Å². The smallest absolute Gasteiger partial charge is 0.234 e. The minimum Gasteiger partial charge on any atom is -0.369 e. The maximum atomic E-state index is 12.1. The second kappa shape index (κ2) is 6.88. The zero-order chi connectivity index (χ0) is 16.3. The van der Waals surface area contributed by atoms with Crippen LogP contribution in [-0.4, -0.2) is 69.5 Å². The van der Waals surface area contributed by atoms with Gasteiger partial charge in [0.1, 0.15) is 0 Å². The van der Waals surface area contributed by atoms with Crippen LogP contribution in [0.4, 0.5) is 5.69 Å². The van der Waals surface area contributed by atoms with Gasteiger partial charge in [-0.3, -0.25) is 9.69 Å². The van der Waals surface area contributed by atoms with Crippen molar-refractivity contribution in [3.63, 3.8) is 0 Å². The number of piperazine rings is 1. The number of benzene rings is 1. The molecular formula is C16H23N3O3S. The van der Waals surface area contributed by atoms with E-state index in [1.807, 2.05) is 18.2 Å². The van der Waals surface area contributed by atoms with Gasteiger partial charge in [-0.25, -0.2) is 8.42 Å². The molecule has 0 aromatic heterocycles. The molecule has 0 aliphatic carbocycles. The molecule has 2 aliphatic heterocycles. The van der Waals surface area contributed by atoms with Gasteiger partial charge in [-0.2, -0.15) is 0 Å². The van der Waals surface area contributed by atoms with Gasteiger partial charge >= 0.3 is 0 Å². The minimum atomic E-state index is -2.95. The quantitative estimate of drug-likeness (QED) is 0.845. The first-order valence-corrected chi connectivity index (χ1v) is 9.86. The second-order valence-electron chi connectivity index (χ2n) is 6.27. The van der Waals surface area contributed by atoms with Crippen LogP contribution >= 0.6 is 0 Å². The van der Waals surface area contributed by atoms with Crippen LogP contribution in [0.5, 0.6) is 0 Å². The lowest BCUT2D eigenvalue weighted by atomic mass is 10.2. The Kier molecular flexibility index (Phi) is 4.87. The van der Waals surface area contributed by atoms with Gasteiger partial charge < -0.3 is 10.2 Å². The molecule has 3 rings (SSSR count). The summed E-state index contributed by atoms with van der Waals surface area (Å²) in [6.07, 6.45) is 0.538. The van der Waals surface area contributed by atoms with Crippen LogP contribution < -0.4 is 10.2 Å². The summed E-state index contributed by atoms with van der Waals surface area (Å²) in [5, 5.41) is 2.85. The highest BCUT2D eigenvalue weighted by atomic mass is 32.2. The standard InChI is InChI=1S/C16H23N3O3S/c20-16(17-14-6-11-23(21,22)13-14)12-18-7-9-19(10-8-18)15-4-2-1-3-5-15/h1-5,14H,6-13H2,(H,17,20)/t14-/m0/s1. The van der Waals surface area contributed by atoms with E-state index in [4.69, 9.17) is 0 Å². The molecule has 6 nitrogen and oxygen atoms in total. The Labute approximate surface area is 137 Å². The number of carbonyl (C=O) groups excluding carboxylic acids is 1. The van der Waals surface area contributed by atoms with Crippen LogP contribution in [0.25, 0.3) is 0 Å². The number of nitrogens with zero attached hydrogens (tertiary/aromatic N) is 2. The van der Waals surface area contributed by atoms with Gasteiger partial charge in [-0.15, -0.1) is 0 Å². The van der Waals surface area contributed by atoms with E-state index in [0.717, 1.165) is 26.2 Å². The lowest BCUT2D eigenvalue weighted by Crippen LogP contribution is -2.50. The molecule has 0 spiro atoms. The maximum Gasteiger partial charge on any atom is 0.234 e. The molecule has 2 saturated heterocycles. The highest BCUT2D eigenvalue weighted by Crippen LogP contribution is 2.15. The van der Waals surface area contributed by atoms with Crippen LogP contribution in [0.15, 0.2) is 30.3 Å². The summed E-state index contributed by atoms with van der Waals surface area (Å²) in [6.45, 7) is 3.82. The first kappa shape index (κ1) is 16.3. The largest absolute Gasteiger partial charge is 0.369 e. The topological polar surface area (TPSA) is 69.7 Å². The first-order valence-electron chi connectivity index (χ1n) is 8.04. The van der Waals surface area contributed by atoms with Crippen LogP contribution in [-0.2, 0) is 14.6 Å². The third-order valence-electron chi connectivity index (χ3n) is 4.46. The molecule has 2 heterocycles. The van der Waals surface area contributed by atoms with Crippen molar-refractivity contribution in [2.24, 2.45) is 0 Å². The lowest BCUT2D eigenvalue weighted by molar-refractivity contribution is -0.122. The molecule has 23 heavy (non-hydrogen) atoms. The molecule has 1 aromatic carbocycles. The molecular weight excluding hydrogens is 314 g/mol. The number of rotatable bonds is 4. The number of anilines is 1. The van der Waals surface area contributed by atoms with Gasteiger partial charge in [0, 0.05) is 37.9 Å². The van der Waals surface area contributed by atoms with Gasteiger partial charge in [0.05, 0.1) is 18.1 Å². The summed E-state index contributed by atoms with van der Waals surface area (Å²) in [5.74, 6) is 0.203. The van der Waals surface area contributed by atoms with Crippen LogP contribution in [0, 0.1) is 0 Å². The Morgan fingerprint density at radius 2 is 1.83 bits per heavy atom. The van der Waals surface area contributed by atoms with Crippen molar-refractivity contribution < 1.29 is 13.2 Å². The number of hydrogen-bond acceptors (Lipinski definition) is 5. The summed E-state index contributed by atoms with van der Waals surface area (Å²) >= 11 is 0. The molecule has 0 bridgehead atoms. The zero-order valence-electron chi connectivity index (χ0n) is 13.1. The molecule has 1 atom stereocenters. The van der Waals surface area contributed by atoms with E-state index in [2.05, 4.69) is 27.2 Å². The van der Waals surface area contributed by atoms with Gasteiger partial charge in [0.25, 0.3) is 0 Å². The number of hydrogen-bond donors (Lipinski definition) is 1. The van der Waals surface area contributed by atoms with E-state index in [1.54, 1.807) is 0 Å². The molecule has 0 saturated carbocycles. The number of para-hydroxylation sites is 1. The molecule has 2 fully saturated rings. The molecule has 0 radical (unpaired) electrons. The van der Waals surface area contributed by atoms with Crippen molar-refractivity contribution in [3.8, 4) is 0 Å². The van der Waals surface area contributed by atoms with E-state index in [9.17, 15) is 13.2 Å². The van der Waals surface area contributed by atoms with Crippen LogP contribution in [0.1, 0.15) is 6.42 Å². The molecule has 1 amide bonds. The Balaban J connectivity index is 1.43. The fraction of sp³-hybridized carbons (Fsp3) is 0.562. The Bertz CT molecular complexity index is 640. The third-order valence-corrected chi connectivity index (χ3v) is 6.23. The summed E-state index contributed by atoms with van der Waals surface area (Å²) in [5.41, 5.74) is 1.22. The van der Waals surface area contributed by atoms with Gasteiger partial charge in [0.15, 0.2) is 9.84 Å². The van der Waals surface area contributed by atoms with Gasteiger partial charge in [-0.05, 0) is 18.6 Å². The minimum absolute atomic E-state index is 0.0692. The Morgan fingerprint density at radius 3 is 2.43 bits per heavy atom. The summed E-state index contributed by atoms with van der Waals surface area (Å²) in [6, 6.07) is 10.1. The van der Waals surface area contributed by atoms with Crippen molar-refractivity contribution in [2.45, 2.75) is 12.5 Å². The highest BCUT2D eigenvalue weighted by Gasteiger charge is 2.29. The van der Waals surface area contributed by atoms with Crippen molar-refractivity contribution >= 4 is 21.4 Å². The highest BCUT2D eigenvalue weighted by molar-refractivity contribution is 7.91. The predicted octanol–water partition coefficient (Wildman–Crippen LogP) is 0.112. The number of amides is 1. The SMILES string of the molecule is O=C(CN1CCN(c2ccccc2)CC1)N[C@H]1CCS(=O)(=O)C1. The summed E-state index contributed by atoms with van der Waals surface area (Å²) < 4.78 is 22.8. The van der Waals surface area contributed by atoms with Crippen LogP contribution in [0.3, 0.4) is 0 Å². The van der Waals surface area contributed by atoms with E-state index in [1.165, 1.54) is 5.69 Å². The van der Waals surface area contributed by atoms with Crippen molar-refractivity contribution in [1.82, 2.24) is 10.2 Å². The third kappa shape index (κ3) is 4.45. The number of carbonyl (C=O) groups is 1. The first-order chi connectivity index (χ1) is 11.0. The average molecular weight is 337 g/mol.